The zero-order chi connectivity index (χ0) is 15.9. The molecule has 0 heterocycles. The Balaban J connectivity index is 2.37. The highest BCUT2D eigenvalue weighted by Gasteiger charge is 2.21. The largest absolute Gasteiger partial charge is 0.481 e. The van der Waals surface area contributed by atoms with Crippen molar-refractivity contribution < 1.29 is 14.7 Å². The van der Waals surface area contributed by atoms with Gasteiger partial charge in [-0.1, -0.05) is 41.9 Å². The molecule has 0 aliphatic rings. The Bertz CT molecular complexity index is 486. The van der Waals surface area contributed by atoms with Crippen molar-refractivity contribution in [2.24, 2.45) is 0 Å². The number of aliphatic carboxylic acids is 1. The lowest BCUT2D eigenvalue weighted by Crippen LogP contribution is -2.42. The van der Waals surface area contributed by atoms with Crippen molar-refractivity contribution in [2.75, 3.05) is 13.1 Å². The third kappa shape index (κ3) is 6.62. The van der Waals surface area contributed by atoms with E-state index in [0.717, 1.165) is 10.0 Å². The van der Waals surface area contributed by atoms with Gasteiger partial charge in [0.2, 0.25) is 0 Å². The van der Waals surface area contributed by atoms with Crippen LogP contribution in [0.4, 0.5) is 4.79 Å². The molecule has 5 nitrogen and oxygen atoms in total. The maximum Gasteiger partial charge on any atom is 0.314 e. The van der Waals surface area contributed by atoms with Crippen molar-refractivity contribution in [2.45, 2.75) is 32.1 Å². The molecule has 0 atom stereocenters. The molecule has 0 aliphatic carbocycles. The molecule has 0 spiro atoms. The van der Waals surface area contributed by atoms with Crippen LogP contribution in [0.15, 0.2) is 28.7 Å². The van der Waals surface area contributed by atoms with E-state index >= 15 is 0 Å². The summed E-state index contributed by atoms with van der Waals surface area (Å²) in [5.74, 6) is -0.853. The highest BCUT2D eigenvalue weighted by molar-refractivity contribution is 9.10. The van der Waals surface area contributed by atoms with E-state index in [1.54, 1.807) is 0 Å². The maximum atomic E-state index is 11.6. The minimum Gasteiger partial charge on any atom is -0.481 e. The van der Waals surface area contributed by atoms with Crippen LogP contribution in [-0.4, -0.2) is 30.2 Å². The smallest absolute Gasteiger partial charge is 0.314 e. The zero-order valence-corrected chi connectivity index (χ0v) is 13.9. The Morgan fingerprint density at radius 2 is 1.81 bits per heavy atom. The Kier molecular flexibility index (Phi) is 6.68. The van der Waals surface area contributed by atoms with Crippen LogP contribution >= 0.6 is 15.9 Å². The fourth-order valence-corrected chi connectivity index (χ4v) is 2.07. The van der Waals surface area contributed by atoms with Gasteiger partial charge in [0.15, 0.2) is 0 Å². The molecule has 2 amide bonds. The van der Waals surface area contributed by atoms with Crippen LogP contribution in [0.3, 0.4) is 0 Å². The molecule has 0 aromatic heterocycles. The SMILES string of the molecule is CC(C)(CNC(=O)NCCCC(=O)O)c1ccc(Br)cc1. The molecule has 0 saturated heterocycles. The monoisotopic (exact) mass is 356 g/mol. The van der Waals surface area contributed by atoms with E-state index in [1.165, 1.54) is 0 Å². The third-order valence-electron chi connectivity index (χ3n) is 3.17. The molecule has 1 aromatic rings. The average Bonchev–Trinajstić information content (AvgIpc) is 2.42. The highest BCUT2D eigenvalue weighted by atomic mass is 79.9. The van der Waals surface area contributed by atoms with Gasteiger partial charge in [0.25, 0.3) is 0 Å². The van der Waals surface area contributed by atoms with Crippen molar-refractivity contribution in [3.8, 4) is 0 Å². The molecule has 0 radical (unpaired) electrons. The van der Waals surface area contributed by atoms with Crippen LogP contribution in [-0.2, 0) is 10.2 Å². The summed E-state index contributed by atoms with van der Waals surface area (Å²) in [5.41, 5.74) is 0.955. The summed E-state index contributed by atoms with van der Waals surface area (Å²) >= 11 is 3.40. The normalized spacial score (nSPS) is 11.0. The number of hydrogen-bond acceptors (Lipinski definition) is 2. The van der Waals surface area contributed by atoms with Crippen LogP contribution in [0.2, 0.25) is 0 Å². The number of rotatable bonds is 7. The van der Waals surface area contributed by atoms with Gasteiger partial charge in [0.1, 0.15) is 0 Å². The van der Waals surface area contributed by atoms with Crippen molar-refractivity contribution in [1.82, 2.24) is 10.6 Å². The van der Waals surface area contributed by atoms with Gasteiger partial charge in [0, 0.05) is 29.4 Å². The predicted octanol–water partition coefficient (Wildman–Crippen LogP) is 2.89. The van der Waals surface area contributed by atoms with Crippen LogP contribution < -0.4 is 10.6 Å². The third-order valence-corrected chi connectivity index (χ3v) is 3.70. The summed E-state index contributed by atoms with van der Waals surface area (Å²) < 4.78 is 1.02. The molecule has 0 aliphatic heterocycles. The van der Waals surface area contributed by atoms with Gasteiger partial charge >= 0.3 is 12.0 Å². The van der Waals surface area contributed by atoms with E-state index in [-0.39, 0.29) is 17.9 Å². The number of amides is 2. The summed E-state index contributed by atoms with van der Waals surface area (Å²) in [6.07, 6.45) is 0.490. The molecule has 116 valence electrons. The molecule has 3 N–H and O–H groups in total. The molecule has 6 heteroatoms. The summed E-state index contributed by atoms with van der Waals surface area (Å²) in [4.78, 5) is 22.0. The number of benzene rings is 1. The highest BCUT2D eigenvalue weighted by Crippen LogP contribution is 2.23. The Morgan fingerprint density at radius 1 is 1.19 bits per heavy atom. The molecule has 0 unspecified atom stereocenters. The van der Waals surface area contributed by atoms with Crippen LogP contribution in [0, 0.1) is 0 Å². The number of carboxylic acids is 1. The molecular formula is C15H21BrN2O3. The maximum absolute atomic E-state index is 11.6. The number of urea groups is 1. The lowest BCUT2D eigenvalue weighted by molar-refractivity contribution is -0.137. The van der Waals surface area contributed by atoms with Crippen molar-refractivity contribution in [3.63, 3.8) is 0 Å². The second kappa shape index (κ2) is 8.02. The van der Waals surface area contributed by atoms with Gasteiger partial charge in [-0.3, -0.25) is 4.79 Å². The van der Waals surface area contributed by atoms with Gasteiger partial charge in [0.05, 0.1) is 0 Å². The van der Waals surface area contributed by atoms with E-state index in [2.05, 4.69) is 40.4 Å². The quantitative estimate of drug-likeness (QED) is 0.657. The lowest BCUT2D eigenvalue weighted by atomic mass is 9.85. The second-order valence-corrected chi connectivity index (χ2v) is 6.41. The zero-order valence-electron chi connectivity index (χ0n) is 12.3. The molecule has 1 rings (SSSR count). The Hall–Kier alpha value is -1.56. The number of carbonyl (C=O) groups is 2. The van der Waals surface area contributed by atoms with Gasteiger partial charge in [-0.25, -0.2) is 4.79 Å². The summed E-state index contributed by atoms with van der Waals surface area (Å²) in [7, 11) is 0. The molecule has 0 bridgehead atoms. The fourth-order valence-electron chi connectivity index (χ4n) is 1.81. The first-order valence-corrected chi connectivity index (χ1v) is 7.60. The van der Waals surface area contributed by atoms with Crippen LogP contribution in [0.25, 0.3) is 0 Å². The summed E-state index contributed by atoms with van der Waals surface area (Å²) in [6.45, 7) is 4.97. The molecule has 0 fully saturated rings. The van der Waals surface area contributed by atoms with Crippen LogP contribution in [0.1, 0.15) is 32.3 Å². The average molecular weight is 357 g/mol. The number of carboxylic acid groups (broad SMARTS) is 1. The molecule has 0 saturated carbocycles. The summed E-state index contributed by atoms with van der Waals surface area (Å²) in [6, 6.07) is 7.73. The predicted molar refractivity (Wildman–Crippen MR) is 85.4 cm³/mol. The first kappa shape index (κ1) is 17.5. The van der Waals surface area contributed by atoms with Crippen molar-refractivity contribution in [3.05, 3.63) is 34.3 Å². The van der Waals surface area contributed by atoms with E-state index < -0.39 is 5.97 Å². The van der Waals surface area contributed by atoms with Gasteiger partial charge < -0.3 is 15.7 Å². The van der Waals surface area contributed by atoms with E-state index in [1.807, 2.05) is 24.3 Å². The molecular weight excluding hydrogens is 336 g/mol. The standard InChI is InChI=1S/C15H21BrN2O3/c1-15(2,11-5-7-12(16)8-6-11)10-18-14(21)17-9-3-4-13(19)20/h5-8H,3-4,9-10H2,1-2H3,(H,19,20)(H2,17,18,21). The lowest BCUT2D eigenvalue weighted by Gasteiger charge is -2.25. The second-order valence-electron chi connectivity index (χ2n) is 5.50. The number of carbonyl (C=O) groups excluding carboxylic acids is 1. The Morgan fingerprint density at radius 3 is 2.38 bits per heavy atom. The topological polar surface area (TPSA) is 78.4 Å². The first-order chi connectivity index (χ1) is 9.81. The number of halogens is 1. The first-order valence-electron chi connectivity index (χ1n) is 6.81. The van der Waals surface area contributed by atoms with Crippen molar-refractivity contribution in [1.29, 1.82) is 0 Å². The van der Waals surface area contributed by atoms with E-state index in [0.29, 0.717) is 19.5 Å². The van der Waals surface area contributed by atoms with Crippen LogP contribution in [0.5, 0.6) is 0 Å². The minimum atomic E-state index is -0.853. The van der Waals surface area contributed by atoms with E-state index in [4.69, 9.17) is 5.11 Å². The Labute approximate surface area is 133 Å². The molecule has 1 aromatic carbocycles. The number of nitrogens with one attached hydrogen (secondary N) is 2. The van der Waals surface area contributed by atoms with Crippen molar-refractivity contribution >= 4 is 27.9 Å². The minimum absolute atomic E-state index is 0.0602. The van der Waals surface area contributed by atoms with Gasteiger partial charge in [-0.15, -0.1) is 0 Å². The molecule has 21 heavy (non-hydrogen) atoms. The number of hydrogen-bond donors (Lipinski definition) is 3. The van der Waals surface area contributed by atoms with Gasteiger partial charge in [-0.2, -0.15) is 0 Å². The summed E-state index contributed by atoms with van der Waals surface area (Å²) in [5, 5.41) is 14.0. The van der Waals surface area contributed by atoms with E-state index in [9.17, 15) is 9.59 Å². The van der Waals surface area contributed by atoms with Gasteiger partial charge in [-0.05, 0) is 24.1 Å². The fraction of sp³-hybridized carbons (Fsp3) is 0.467.